The summed E-state index contributed by atoms with van der Waals surface area (Å²) >= 11 is 6.11. The molecule has 0 unspecified atom stereocenters. The molecule has 0 aromatic heterocycles. The molecule has 17 heavy (non-hydrogen) atoms. The van der Waals surface area contributed by atoms with Gasteiger partial charge in [0.25, 0.3) is 0 Å². The lowest BCUT2D eigenvalue weighted by molar-refractivity contribution is 1.38. The third-order valence-electron chi connectivity index (χ3n) is 3.00. The molecule has 0 fully saturated rings. The third kappa shape index (κ3) is 2.29. The van der Waals surface area contributed by atoms with Gasteiger partial charge in [0.15, 0.2) is 0 Å². The number of nitrogen functional groups attached to an aromatic ring is 1. The van der Waals surface area contributed by atoms with Crippen molar-refractivity contribution in [3.05, 3.63) is 52.0 Å². The molecule has 2 N–H and O–H groups in total. The Morgan fingerprint density at radius 1 is 0.882 bits per heavy atom. The van der Waals surface area contributed by atoms with Crippen LogP contribution < -0.4 is 5.73 Å². The van der Waals surface area contributed by atoms with Crippen molar-refractivity contribution in [2.75, 3.05) is 5.73 Å². The largest absolute Gasteiger partial charge is 0.398 e. The Hall–Kier alpha value is -1.47. The predicted octanol–water partition coefficient (Wildman–Crippen LogP) is 4.51. The van der Waals surface area contributed by atoms with Crippen LogP contribution in [-0.2, 0) is 0 Å². The summed E-state index contributed by atoms with van der Waals surface area (Å²) in [6.07, 6.45) is 0. The van der Waals surface area contributed by atoms with Crippen LogP contribution in [0.4, 0.5) is 5.69 Å². The molecule has 2 rings (SSSR count). The molecular weight excluding hydrogens is 230 g/mol. The van der Waals surface area contributed by atoms with Crippen molar-refractivity contribution in [3.63, 3.8) is 0 Å². The van der Waals surface area contributed by atoms with E-state index in [1.165, 1.54) is 5.56 Å². The van der Waals surface area contributed by atoms with E-state index in [2.05, 4.69) is 25.1 Å². The Morgan fingerprint density at radius 2 is 1.59 bits per heavy atom. The van der Waals surface area contributed by atoms with E-state index in [4.69, 9.17) is 17.3 Å². The standard InChI is InChI=1S/C15H16ClN/c1-9-4-5-12(15(17)6-9)13-7-11(3)14(16)8-10(13)2/h4-8H,17H2,1-3H3. The van der Waals surface area contributed by atoms with Gasteiger partial charge in [-0.3, -0.25) is 0 Å². The van der Waals surface area contributed by atoms with Crippen LogP contribution in [0.3, 0.4) is 0 Å². The predicted molar refractivity (Wildman–Crippen MR) is 75.5 cm³/mol. The molecule has 2 heteroatoms. The lowest BCUT2D eigenvalue weighted by atomic mass is 9.96. The Bertz CT molecular complexity index is 573. The molecule has 0 aliphatic heterocycles. The second kappa shape index (κ2) is 4.42. The zero-order chi connectivity index (χ0) is 12.6. The van der Waals surface area contributed by atoms with E-state index in [9.17, 15) is 0 Å². The highest BCUT2D eigenvalue weighted by atomic mass is 35.5. The Labute approximate surface area is 107 Å². The molecule has 0 heterocycles. The smallest absolute Gasteiger partial charge is 0.0438 e. The van der Waals surface area contributed by atoms with Gasteiger partial charge in [0.05, 0.1) is 0 Å². The summed E-state index contributed by atoms with van der Waals surface area (Å²) in [4.78, 5) is 0. The normalized spacial score (nSPS) is 10.6. The van der Waals surface area contributed by atoms with E-state index in [-0.39, 0.29) is 0 Å². The molecule has 0 aliphatic rings. The summed E-state index contributed by atoms with van der Waals surface area (Å²) in [5.74, 6) is 0. The molecule has 1 nitrogen and oxygen atoms in total. The number of nitrogens with two attached hydrogens (primary N) is 1. The second-order valence-corrected chi connectivity index (χ2v) is 4.91. The molecule has 88 valence electrons. The third-order valence-corrected chi connectivity index (χ3v) is 3.41. The lowest BCUT2D eigenvalue weighted by Gasteiger charge is -2.12. The quantitative estimate of drug-likeness (QED) is 0.735. The summed E-state index contributed by atoms with van der Waals surface area (Å²) in [6, 6.07) is 10.2. The van der Waals surface area contributed by atoms with E-state index >= 15 is 0 Å². The minimum atomic E-state index is 0.803. The van der Waals surface area contributed by atoms with Crippen molar-refractivity contribution in [3.8, 4) is 11.1 Å². The van der Waals surface area contributed by atoms with Crippen molar-refractivity contribution < 1.29 is 0 Å². The fourth-order valence-corrected chi connectivity index (χ4v) is 2.22. The van der Waals surface area contributed by atoms with Crippen LogP contribution in [0.25, 0.3) is 11.1 Å². The topological polar surface area (TPSA) is 26.0 Å². The minimum absolute atomic E-state index is 0.803. The molecule has 2 aromatic carbocycles. The van der Waals surface area contributed by atoms with Gasteiger partial charge >= 0.3 is 0 Å². The van der Waals surface area contributed by atoms with Crippen LogP contribution in [0.1, 0.15) is 16.7 Å². The average Bonchev–Trinajstić information content (AvgIpc) is 2.24. The van der Waals surface area contributed by atoms with E-state index in [0.717, 1.165) is 33.0 Å². The number of anilines is 1. The zero-order valence-corrected chi connectivity index (χ0v) is 11.1. The van der Waals surface area contributed by atoms with Gasteiger partial charge < -0.3 is 5.73 Å². The van der Waals surface area contributed by atoms with Crippen LogP contribution >= 0.6 is 11.6 Å². The molecule has 0 bridgehead atoms. The number of aryl methyl sites for hydroxylation is 3. The summed E-state index contributed by atoms with van der Waals surface area (Å²) in [6.45, 7) is 6.11. The molecule has 0 aliphatic carbocycles. The molecule has 0 saturated heterocycles. The number of benzene rings is 2. The Balaban J connectivity index is 2.64. The van der Waals surface area contributed by atoms with Gasteiger partial charge in [0, 0.05) is 16.3 Å². The average molecular weight is 246 g/mol. The number of rotatable bonds is 1. The first kappa shape index (κ1) is 12.0. The molecule has 0 atom stereocenters. The first-order chi connectivity index (χ1) is 7.99. The number of halogens is 1. The summed E-state index contributed by atoms with van der Waals surface area (Å²) < 4.78 is 0. The first-order valence-electron chi connectivity index (χ1n) is 5.62. The van der Waals surface area contributed by atoms with Crippen molar-refractivity contribution in [1.29, 1.82) is 0 Å². The van der Waals surface area contributed by atoms with Gasteiger partial charge in [-0.2, -0.15) is 0 Å². The van der Waals surface area contributed by atoms with Crippen LogP contribution in [0.15, 0.2) is 30.3 Å². The van der Waals surface area contributed by atoms with E-state index in [1.807, 2.05) is 26.0 Å². The summed E-state index contributed by atoms with van der Waals surface area (Å²) in [7, 11) is 0. The van der Waals surface area contributed by atoms with Crippen LogP contribution in [0.2, 0.25) is 5.02 Å². The molecule has 0 radical (unpaired) electrons. The van der Waals surface area contributed by atoms with Crippen molar-refractivity contribution in [1.82, 2.24) is 0 Å². The zero-order valence-electron chi connectivity index (χ0n) is 10.3. The Morgan fingerprint density at radius 3 is 2.24 bits per heavy atom. The van der Waals surface area contributed by atoms with Crippen molar-refractivity contribution >= 4 is 17.3 Å². The number of hydrogen-bond donors (Lipinski definition) is 1. The molecular formula is C15H16ClN. The van der Waals surface area contributed by atoms with Crippen LogP contribution in [0, 0.1) is 20.8 Å². The maximum atomic E-state index is 6.11. The SMILES string of the molecule is Cc1ccc(-c2cc(C)c(Cl)cc2C)c(N)c1. The highest BCUT2D eigenvalue weighted by Crippen LogP contribution is 2.32. The monoisotopic (exact) mass is 245 g/mol. The maximum absolute atomic E-state index is 6.11. The summed E-state index contributed by atoms with van der Waals surface area (Å²) in [5, 5.41) is 0.803. The van der Waals surface area contributed by atoms with E-state index in [0.29, 0.717) is 0 Å². The summed E-state index contributed by atoms with van der Waals surface area (Å²) in [5.41, 5.74) is 12.5. The molecule has 0 spiro atoms. The van der Waals surface area contributed by atoms with Gasteiger partial charge in [-0.15, -0.1) is 0 Å². The van der Waals surface area contributed by atoms with Crippen molar-refractivity contribution in [2.45, 2.75) is 20.8 Å². The van der Waals surface area contributed by atoms with Gasteiger partial charge in [-0.25, -0.2) is 0 Å². The van der Waals surface area contributed by atoms with Crippen LogP contribution in [0.5, 0.6) is 0 Å². The van der Waals surface area contributed by atoms with Crippen LogP contribution in [-0.4, -0.2) is 0 Å². The van der Waals surface area contributed by atoms with E-state index in [1.54, 1.807) is 0 Å². The highest BCUT2D eigenvalue weighted by molar-refractivity contribution is 6.31. The molecule has 0 amide bonds. The second-order valence-electron chi connectivity index (χ2n) is 4.51. The molecule has 2 aromatic rings. The van der Waals surface area contributed by atoms with Gasteiger partial charge in [-0.1, -0.05) is 23.7 Å². The maximum Gasteiger partial charge on any atom is 0.0438 e. The minimum Gasteiger partial charge on any atom is -0.398 e. The first-order valence-corrected chi connectivity index (χ1v) is 6.00. The van der Waals surface area contributed by atoms with Gasteiger partial charge in [0.2, 0.25) is 0 Å². The number of hydrogen-bond acceptors (Lipinski definition) is 1. The van der Waals surface area contributed by atoms with Gasteiger partial charge in [0.1, 0.15) is 0 Å². The highest BCUT2D eigenvalue weighted by Gasteiger charge is 2.08. The van der Waals surface area contributed by atoms with Crippen molar-refractivity contribution in [2.24, 2.45) is 0 Å². The Kier molecular flexibility index (Phi) is 3.12. The molecule has 0 saturated carbocycles. The lowest BCUT2D eigenvalue weighted by Crippen LogP contribution is -1.93. The fourth-order valence-electron chi connectivity index (χ4n) is 2.00. The van der Waals surface area contributed by atoms with Gasteiger partial charge in [-0.05, 0) is 61.2 Å². The fraction of sp³-hybridized carbons (Fsp3) is 0.200. The van der Waals surface area contributed by atoms with E-state index < -0.39 is 0 Å².